The summed E-state index contributed by atoms with van der Waals surface area (Å²) in [6.07, 6.45) is 2.34. The van der Waals surface area contributed by atoms with Crippen LogP contribution in [0, 0.1) is 11.2 Å². The molecule has 1 aromatic rings. The molecule has 0 radical (unpaired) electrons. The van der Waals surface area contributed by atoms with Crippen molar-refractivity contribution >= 4 is 24.0 Å². The summed E-state index contributed by atoms with van der Waals surface area (Å²) in [6, 6.07) is 6.26. The molecule has 116 valence electrons. The van der Waals surface area contributed by atoms with Crippen LogP contribution in [0.2, 0.25) is 0 Å². The molecule has 0 bridgehead atoms. The van der Waals surface area contributed by atoms with Gasteiger partial charge in [0.1, 0.15) is 5.82 Å². The van der Waals surface area contributed by atoms with Crippen molar-refractivity contribution in [3.05, 3.63) is 30.1 Å². The number of likely N-dealkylation sites (tertiary alicyclic amines) is 1. The van der Waals surface area contributed by atoms with E-state index in [1.165, 1.54) is 12.5 Å². The van der Waals surface area contributed by atoms with Crippen LogP contribution in [0.25, 0.3) is 0 Å². The number of nitrogens with one attached hydrogen (secondary N) is 2. The van der Waals surface area contributed by atoms with Crippen LogP contribution in [0.5, 0.6) is 0 Å². The summed E-state index contributed by atoms with van der Waals surface area (Å²) in [6.45, 7) is 4.39. The van der Waals surface area contributed by atoms with E-state index in [0.717, 1.165) is 32.6 Å². The van der Waals surface area contributed by atoms with Crippen molar-refractivity contribution in [1.82, 2.24) is 10.2 Å². The second-order valence-electron chi connectivity index (χ2n) is 5.92. The number of halogens is 2. The van der Waals surface area contributed by atoms with Crippen molar-refractivity contribution in [1.29, 1.82) is 0 Å². The molecule has 1 spiro atoms. The molecule has 1 unspecified atom stereocenters. The third kappa shape index (κ3) is 3.73. The Bertz CT molecular complexity index is 505. The number of hydrogen-bond acceptors (Lipinski definition) is 3. The lowest BCUT2D eigenvalue weighted by Crippen LogP contribution is -2.34. The van der Waals surface area contributed by atoms with Crippen molar-refractivity contribution in [3.63, 3.8) is 0 Å². The van der Waals surface area contributed by atoms with E-state index >= 15 is 0 Å². The number of nitrogens with zero attached hydrogens (tertiary/aromatic N) is 1. The van der Waals surface area contributed by atoms with E-state index in [0.29, 0.717) is 12.0 Å². The predicted octanol–water partition coefficient (Wildman–Crippen LogP) is 1.87. The molecule has 0 aliphatic carbocycles. The van der Waals surface area contributed by atoms with Gasteiger partial charge in [0.15, 0.2) is 0 Å². The van der Waals surface area contributed by atoms with Crippen molar-refractivity contribution < 1.29 is 9.18 Å². The zero-order valence-electron chi connectivity index (χ0n) is 11.9. The largest absolute Gasteiger partial charge is 0.322 e. The van der Waals surface area contributed by atoms with Gasteiger partial charge in [0.05, 0.1) is 12.2 Å². The Balaban J connectivity index is 0.00000161. The van der Waals surface area contributed by atoms with Crippen molar-refractivity contribution in [2.75, 3.05) is 38.0 Å². The summed E-state index contributed by atoms with van der Waals surface area (Å²) in [5, 5.41) is 6.04. The first-order valence-electron chi connectivity index (χ1n) is 7.14. The Morgan fingerprint density at radius 1 is 1.38 bits per heavy atom. The molecule has 2 saturated heterocycles. The average Bonchev–Trinajstić information content (AvgIpc) is 3.03. The molecule has 2 heterocycles. The topological polar surface area (TPSA) is 44.4 Å². The number of amides is 1. The Labute approximate surface area is 130 Å². The summed E-state index contributed by atoms with van der Waals surface area (Å²) < 4.78 is 13.5. The van der Waals surface area contributed by atoms with Crippen LogP contribution < -0.4 is 10.6 Å². The summed E-state index contributed by atoms with van der Waals surface area (Å²) in [4.78, 5) is 14.2. The highest BCUT2D eigenvalue weighted by atomic mass is 35.5. The van der Waals surface area contributed by atoms with E-state index in [-0.39, 0.29) is 24.0 Å². The fraction of sp³-hybridized carbons (Fsp3) is 0.533. The molecule has 0 aromatic heterocycles. The van der Waals surface area contributed by atoms with Crippen LogP contribution in [0.1, 0.15) is 12.8 Å². The smallest absolute Gasteiger partial charge is 0.238 e. The number of carbonyl (C=O) groups excluding carboxylic acids is 1. The van der Waals surface area contributed by atoms with Crippen LogP contribution in [0.15, 0.2) is 24.3 Å². The minimum absolute atomic E-state index is 0. The van der Waals surface area contributed by atoms with E-state index < -0.39 is 5.82 Å². The lowest BCUT2D eigenvalue weighted by molar-refractivity contribution is -0.117. The molecule has 1 amide bonds. The third-order valence-corrected chi connectivity index (χ3v) is 4.36. The maximum absolute atomic E-state index is 13.5. The lowest BCUT2D eigenvalue weighted by atomic mass is 9.87. The van der Waals surface area contributed by atoms with Gasteiger partial charge < -0.3 is 10.6 Å². The standard InChI is InChI=1S/C15H20FN3O.ClH/c16-12-3-1-2-4-13(12)18-14(20)9-19-8-6-15(11-19)5-7-17-10-15;/h1-4,17H,5-11H2,(H,18,20);1H. The molecule has 2 fully saturated rings. The predicted molar refractivity (Wildman–Crippen MR) is 83.3 cm³/mol. The maximum Gasteiger partial charge on any atom is 0.238 e. The summed E-state index contributed by atoms with van der Waals surface area (Å²) in [5.41, 5.74) is 0.618. The highest BCUT2D eigenvalue weighted by molar-refractivity contribution is 5.92. The Morgan fingerprint density at radius 3 is 2.90 bits per heavy atom. The first-order valence-corrected chi connectivity index (χ1v) is 7.14. The molecule has 2 N–H and O–H groups in total. The fourth-order valence-electron chi connectivity index (χ4n) is 3.26. The van der Waals surface area contributed by atoms with E-state index in [4.69, 9.17) is 0 Å². The molecule has 2 aliphatic heterocycles. The Hall–Kier alpha value is -1.17. The first kappa shape index (κ1) is 16.2. The Kier molecular flexibility index (Phi) is 5.19. The molecule has 1 atom stereocenters. The summed E-state index contributed by atoms with van der Waals surface area (Å²) in [7, 11) is 0. The molecule has 3 rings (SSSR count). The molecular weight excluding hydrogens is 293 g/mol. The van der Waals surface area contributed by atoms with E-state index in [2.05, 4.69) is 15.5 Å². The van der Waals surface area contributed by atoms with Crippen molar-refractivity contribution in [3.8, 4) is 0 Å². The average molecular weight is 314 g/mol. The van der Waals surface area contributed by atoms with Crippen LogP contribution in [0.3, 0.4) is 0 Å². The lowest BCUT2D eigenvalue weighted by Gasteiger charge is -2.22. The van der Waals surface area contributed by atoms with Crippen LogP contribution in [-0.4, -0.2) is 43.5 Å². The number of hydrogen-bond donors (Lipinski definition) is 2. The van der Waals surface area contributed by atoms with Gasteiger partial charge in [0.25, 0.3) is 0 Å². The molecular formula is C15H21ClFN3O. The molecule has 1 aromatic carbocycles. The first-order chi connectivity index (χ1) is 9.67. The van der Waals surface area contributed by atoms with Crippen molar-refractivity contribution in [2.24, 2.45) is 5.41 Å². The quantitative estimate of drug-likeness (QED) is 0.895. The van der Waals surface area contributed by atoms with Gasteiger partial charge in [-0.1, -0.05) is 12.1 Å². The van der Waals surface area contributed by atoms with Crippen LogP contribution in [0.4, 0.5) is 10.1 Å². The molecule has 21 heavy (non-hydrogen) atoms. The number of carbonyl (C=O) groups is 1. The highest BCUT2D eigenvalue weighted by Gasteiger charge is 2.40. The molecule has 6 heteroatoms. The van der Waals surface area contributed by atoms with Gasteiger partial charge >= 0.3 is 0 Å². The Morgan fingerprint density at radius 2 is 2.19 bits per heavy atom. The SMILES string of the molecule is Cl.O=C(CN1CCC2(CCNC2)C1)Nc1ccccc1F. The van der Waals surface area contributed by atoms with Gasteiger partial charge in [-0.2, -0.15) is 0 Å². The van der Waals surface area contributed by atoms with E-state index in [1.807, 2.05) is 0 Å². The molecule has 4 nitrogen and oxygen atoms in total. The van der Waals surface area contributed by atoms with Gasteiger partial charge in [0.2, 0.25) is 5.91 Å². The summed E-state index contributed by atoms with van der Waals surface area (Å²) >= 11 is 0. The molecule has 0 saturated carbocycles. The number of para-hydroxylation sites is 1. The van der Waals surface area contributed by atoms with Crippen LogP contribution >= 0.6 is 12.4 Å². The second-order valence-corrected chi connectivity index (χ2v) is 5.92. The van der Waals surface area contributed by atoms with Gasteiger partial charge in [-0.05, 0) is 43.5 Å². The van der Waals surface area contributed by atoms with E-state index in [9.17, 15) is 9.18 Å². The highest BCUT2D eigenvalue weighted by Crippen LogP contribution is 2.35. The van der Waals surface area contributed by atoms with Crippen molar-refractivity contribution in [2.45, 2.75) is 12.8 Å². The fourth-order valence-corrected chi connectivity index (χ4v) is 3.26. The van der Waals surface area contributed by atoms with Gasteiger partial charge in [-0.3, -0.25) is 9.69 Å². The normalized spacial score (nSPS) is 25.0. The minimum Gasteiger partial charge on any atom is -0.322 e. The van der Waals surface area contributed by atoms with Gasteiger partial charge in [0, 0.05) is 13.1 Å². The second kappa shape index (κ2) is 6.73. The maximum atomic E-state index is 13.5. The summed E-state index contributed by atoms with van der Waals surface area (Å²) in [5.74, 6) is -0.531. The number of rotatable bonds is 3. The van der Waals surface area contributed by atoms with Gasteiger partial charge in [-0.25, -0.2) is 4.39 Å². The van der Waals surface area contributed by atoms with Gasteiger partial charge in [-0.15, -0.1) is 12.4 Å². The monoisotopic (exact) mass is 313 g/mol. The number of anilines is 1. The number of benzene rings is 1. The minimum atomic E-state index is -0.390. The van der Waals surface area contributed by atoms with E-state index in [1.54, 1.807) is 18.2 Å². The molecule has 2 aliphatic rings. The zero-order valence-corrected chi connectivity index (χ0v) is 12.7. The van der Waals surface area contributed by atoms with Crippen LogP contribution in [-0.2, 0) is 4.79 Å². The third-order valence-electron chi connectivity index (χ3n) is 4.36. The zero-order chi connectivity index (χ0) is 14.0.